The Hall–Kier alpha value is -2.04. The Morgan fingerprint density at radius 3 is 2.81 bits per heavy atom. The zero-order chi connectivity index (χ0) is 11.5. The summed E-state index contributed by atoms with van der Waals surface area (Å²) >= 11 is 0. The molecule has 0 saturated carbocycles. The van der Waals surface area contributed by atoms with Crippen LogP contribution in [-0.4, -0.2) is 23.4 Å². The second kappa shape index (κ2) is 4.22. The molecular weight excluding hydrogens is 208 g/mol. The number of methoxy groups -OCH3 is 1. The van der Waals surface area contributed by atoms with E-state index in [-0.39, 0.29) is 11.6 Å². The number of fused-ring (bicyclic) bond motifs is 1. The molecule has 5 nitrogen and oxygen atoms in total. The monoisotopic (exact) mass is 220 g/mol. The van der Waals surface area contributed by atoms with Gasteiger partial charge in [-0.05, 0) is 19.1 Å². The number of aromatic nitrogens is 2. The Kier molecular flexibility index (Phi) is 2.76. The molecule has 1 aromatic heterocycles. The van der Waals surface area contributed by atoms with Crippen molar-refractivity contribution in [2.24, 2.45) is 0 Å². The van der Waals surface area contributed by atoms with Gasteiger partial charge in [-0.2, -0.15) is 4.98 Å². The minimum Gasteiger partial charge on any atom is -0.466 e. The van der Waals surface area contributed by atoms with E-state index in [1.54, 1.807) is 25.1 Å². The maximum Gasteiger partial charge on any atom is 0.334 e. The number of benzene rings is 1. The summed E-state index contributed by atoms with van der Waals surface area (Å²) in [6.07, 6.45) is 0. The fraction of sp³-hybridized carbons (Fsp3) is 0.273. The van der Waals surface area contributed by atoms with Gasteiger partial charge in [-0.25, -0.2) is 0 Å². The lowest BCUT2D eigenvalue weighted by Crippen LogP contribution is -2.29. The Bertz CT molecular complexity index is 563. The summed E-state index contributed by atoms with van der Waals surface area (Å²) < 4.78 is 6.09. The quantitative estimate of drug-likeness (QED) is 0.769. The van der Waals surface area contributed by atoms with E-state index in [1.807, 2.05) is 6.07 Å². The molecule has 84 valence electrons. The van der Waals surface area contributed by atoms with Crippen LogP contribution < -0.4 is 15.1 Å². The number of ether oxygens (including phenoxy) is 1. The highest BCUT2D eigenvalue weighted by Gasteiger charge is 2.11. The van der Waals surface area contributed by atoms with E-state index >= 15 is 0 Å². The summed E-state index contributed by atoms with van der Waals surface area (Å²) in [6, 6.07) is 7.23. The van der Waals surface area contributed by atoms with Gasteiger partial charge >= 0.3 is 6.01 Å². The van der Waals surface area contributed by atoms with Crippen LogP contribution >= 0.6 is 0 Å². The van der Waals surface area contributed by atoms with Crippen LogP contribution in [0.15, 0.2) is 29.1 Å². The largest absolute Gasteiger partial charge is 0.466 e. The van der Waals surface area contributed by atoms with Crippen LogP contribution in [0.1, 0.15) is 6.92 Å². The second-order valence-electron chi connectivity index (χ2n) is 3.13. The van der Waals surface area contributed by atoms with Crippen molar-refractivity contribution in [2.45, 2.75) is 6.92 Å². The molecule has 0 fully saturated rings. The zero-order valence-corrected chi connectivity index (χ0v) is 9.14. The molecular formula is C11H12N2O3. The van der Waals surface area contributed by atoms with Gasteiger partial charge in [0.05, 0.1) is 18.0 Å². The average Bonchev–Trinajstić information content (AvgIpc) is 2.33. The zero-order valence-electron chi connectivity index (χ0n) is 9.14. The molecule has 2 rings (SSSR count). The highest BCUT2D eigenvalue weighted by molar-refractivity contribution is 5.77. The van der Waals surface area contributed by atoms with E-state index in [2.05, 4.69) is 4.98 Å². The van der Waals surface area contributed by atoms with Gasteiger partial charge in [0, 0.05) is 0 Å². The Morgan fingerprint density at radius 2 is 2.12 bits per heavy atom. The SMILES string of the molecule is CCOn1c(OC)nc2ccccc2c1=O. The predicted molar refractivity (Wildman–Crippen MR) is 59.7 cm³/mol. The van der Waals surface area contributed by atoms with Crippen molar-refractivity contribution in [3.05, 3.63) is 34.6 Å². The van der Waals surface area contributed by atoms with Gasteiger partial charge in [0.25, 0.3) is 5.56 Å². The first-order valence-electron chi connectivity index (χ1n) is 4.97. The molecule has 0 aliphatic carbocycles. The maximum absolute atomic E-state index is 12.0. The van der Waals surface area contributed by atoms with E-state index in [0.29, 0.717) is 17.5 Å². The smallest absolute Gasteiger partial charge is 0.334 e. The van der Waals surface area contributed by atoms with Gasteiger partial charge in [-0.1, -0.05) is 16.9 Å². The van der Waals surface area contributed by atoms with Gasteiger partial charge in [0.15, 0.2) is 0 Å². The van der Waals surface area contributed by atoms with Crippen LogP contribution in [0.3, 0.4) is 0 Å². The molecule has 1 aromatic carbocycles. The minimum atomic E-state index is -0.260. The van der Waals surface area contributed by atoms with Gasteiger partial charge in [-0.3, -0.25) is 4.79 Å². The van der Waals surface area contributed by atoms with Crippen molar-refractivity contribution < 1.29 is 9.57 Å². The van der Waals surface area contributed by atoms with Gasteiger partial charge in [-0.15, -0.1) is 0 Å². The molecule has 0 spiro atoms. The topological polar surface area (TPSA) is 53.4 Å². The lowest BCUT2D eigenvalue weighted by molar-refractivity contribution is 0.0881. The fourth-order valence-corrected chi connectivity index (χ4v) is 1.47. The molecule has 0 aliphatic rings. The first-order valence-corrected chi connectivity index (χ1v) is 4.97. The standard InChI is InChI=1S/C11H12N2O3/c1-3-16-13-10(14)8-6-4-5-7-9(8)12-11(13)15-2/h4-7H,3H2,1-2H3. The molecule has 0 N–H and O–H groups in total. The molecule has 0 bridgehead atoms. The van der Waals surface area contributed by atoms with Crippen molar-refractivity contribution in [1.82, 2.24) is 9.71 Å². The lowest BCUT2D eigenvalue weighted by Gasteiger charge is -2.10. The third-order valence-electron chi connectivity index (χ3n) is 2.15. The van der Waals surface area contributed by atoms with E-state index < -0.39 is 0 Å². The summed E-state index contributed by atoms with van der Waals surface area (Å²) in [5.41, 5.74) is 0.338. The van der Waals surface area contributed by atoms with Crippen LogP contribution in [0.25, 0.3) is 10.9 Å². The molecule has 0 unspecified atom stereocenters. The maximum atomic E-state index is 12.0. The van der Waals surface area contributed by atoms with Gasteiger partial charge < -0.3 is 9.57 Å². The summed E-state index contributed by atoms with van der Waals surface area (Å²) in [6.45, 7) is 2.16. The number of hydrogen-bond acceptors (Lipinski definition) is 4. The van der Waals surface area contributed by atoms with Crippen molar-refractivity contribution in [2.75, 3.05) is 13.7 Å². The summed E-state index contributed by atoms with van der Waals surface area (Å²) in [4.78, 5) is 21.4. The Morgan fingerprint density at radius 1 is 1.38 bits per heavy atom. The molecule has 0 radical (unpaired) electrons. The second-order valence-corrected chi connectivity index (χ2v) is 3.13. The molecule has 1 heterocycles. The first kappa shape index (κ1) is 10.5. The van der Waals surface area contributed by atoms with Gasteiger partial charge in [0.1, 0.15) is 6.61 Å². The molecule has 0 saturated heterocycles. The third kappa shape index (κ3) is 1.60. The van der Waals surface area contributed by atoms with E-state index in [0.717, 1.165) is 4.73 Å². The normalized spacial score (nSPS) is 10.4. The highest BCUT2D eigenvalue weighted by atomic mass is 16.7. The first-order chi connectivity index (χ1) is 7.77. The lowest BCUT2D eigenvalue weighted by atomic mass is 10.2. The van der Waals surface area contributed by atoms with E-state index in [4.69, 9.17) is 9.57 Å². The molecule has 2 aromatic rings. The van der Waals surface area contributed by atoms with Crippen molar-refractivity contribution in [3.63, 3.8) is 0 Å². The third-order valence-corrected chi connectivity index (χ3v) is 2.15. The van der Waals surface area contributed by atoms with Crippen molar-refractivity contribution in [1.29, 1.82) is 0 Å². The predicted octanol–water partition coefficient (Wildman–Crippen LogP) is 0.854. The average molecular weight is 220 g/mol. The van der Waals surface area contributed by atoms with Crippen LogP contribution in [-0.2, 0) is 0 Å². The molecule has 0 atom stereocenters. The Labute approximate surface area is 92.2 Å². The summed E-state index contributed by atoms with van der Waals surface area (Å²) in [5, 5.41) is 0.511. The van der Waals surface area contributed by atoms with Crippen LogP contribution in [0.5, 0.6) is 6.01 Å². The molecule has 0 amide bonds. The number of hydrogen-bond donors (Lipinski definition) is 0. The van der Waals surface area contributed by atoms with Crippen molar-refractivity contribution >= 4 is 10.9 Å². The van der Waals surface area contributed by atoms with E-state index in [9.17, 15) is 4.79 Å². The molecule has 5 heteroatoms. The van der Waals surface area contributed by atoms with Crippen LogP contribution in [0.4, 0.5) is 0 Å². The molecule has 0 aliphatic heterocycles. The highest BCUT2D eigenvalue weighted by Crippen LogP contribution is 2.10. The number of rotatable bonds is 3. The van der Waals surface area contributed by atoms with Crippen LogP contribution in [0.2, 0.25) is 0 Å². The number of nitrogens with zero attached hydrogens (tertiary/aromatic N) is 2. The number of para-hydroxylation sites is 1. The van der Waals surface area contributed by atoms with Crippen molar-refractivity contribution in [3.8, 4) is 6.01 Å². The fourth-order valence-electron chi connectivity index (χ4n) is 1.47. The summed E-state index contributed by atoms with van der Waals surface area (Å²) in [7, 11) is 1.45. The van der Waals surface area contributed by atoms with E-state index in [1.165, 1.54) is 7.11 Å². The Balaban J connectivity index is 2.77. The minimum absolute atomic E-state index is 0.158. The molecule has 16 heavy (non-hydrogen) atoms. The summed E-state index contributed by atoms with van der Waals surface area (Å²) in [5.74, 6) is 0. The van der Waals surface area contributed by atoms with Crippen LogP contribution in [0, 0.1) is 0 Å². The van der Waals surface area contributed by atoms with Gasteiger partial charge in [0.2, 0.25) is 0 Å².